The van der Waals surface area contributed by atoms with Crippen molar-refractivity contribution in [1.82, 2.24) is 4.90 Å². The van der Waals surface area contributed by atoms with Gasteiger partial charge in [0.1, 0.15) is 0 Å². The van der Waals surface area contributed by atoms with Crippen LogP contribution in [-0.4, -0.2) is 39.1 Å². The van der Waals surface area contributed by atoms with Crippen molar-refractivity contribution in [3.8, 4) is 0 Å². The molecule has 112 valence electrons. The molecule has 4 nitrogen and oxygen atoms in total. The van der Waals surface area contributed by atoms with E-state index in [1.165, 1.54) is 19.3 Å². The summed E-state index contributed by atoms with van der Waals surface area (Å²) < 4.78 is 29.6. The van der Waals surface area contributed by atoms with E-state index < -0.39 is 10.1 Å². The van der Waals surface area contributed by atoms with Crippen LogP contribution in [0, 0.1) is 6.92 Å². The third-order valence-corrected chi connectivity index (χ3v) is 5.00. The van der Waals surface area contributed by atoms with Crippen LogP contribution in [0.4, 0.5) is 0 Å². The first kappa shape index (κ1) is 15.5. The minimum Gasteiger partial charge on any atom is -0.301 e. The zero-order valence-corrected chi connectivity index (χ0v) is 13.0. The molecule has 1 fully saturated rings. The number of hydrogen-bond donors (Lipinski definition) is 0. The van der Waals surface area contributed by atoms with E-state index in [2.05, 4.69) is 4.90 Å². The molecule has 0 spiro atoms. The van der Waals surface area contributed by atoms with Gasteiger partial charge in [-0.2, -0.15) is 8.42 Å². The Morgan fingerprint density at radius 2 is 1.75 bits per heavy atom. The summed E-state index contributed by atoms with van der Waals surface area (Å²) in [6, 6.07) is 6.76. The van der Waals surface area contributed by atoms with Crippen LogP contribution >= 0.6 is 0 Å². The zero-order valence-electron chi connectivity index (χ0n) is 12.2. The second-order valence-corrected chi connectivity index (χ2v) is 7.11. The van der Waals surface area contributed by atoms with Gasteiger partial charge in [-0.1, -0.05) is 24.1 Å². The lowest BCUT2D eigenvalue weighted by molar-refractivity contribution is 0.135. The van der Waals surface area contributed by atoms with Gasteiger partial charge in [-0.25, -0.2) is 0 Å². The SMILES string of the molecule is Cc1ccc(S(=O)(=O)OC(C)CN2CCCCC2)cc1. The molecule has 2 rings (SSSR count). The molecule has 1 heterocycles. The Morgan fingerprint density at radius 3 is 2.35 bits per heavy atom. The molecular weight excluding hydrogens is 274 g/mol. The lowest BCUT2D eigenvalue weighted by Crippen LogP contribution is -2.37. The van der Waals surface area contributed by atoms with Gasteiger partial charge in [-0.3, -0.25) is 4.18 Å². The maximum Gasteiger partial charge on any atom is 0.297 e. The van der Waals surface area contributed by atoms with Crippen LogP contribution in [0.2, 0.25) is 0 Å². The topological polar surface area (TPSA) is 46.6 Å². The molecule has 20 heavy (non-hydrogen) atoms. The first-order chi connectivity index (χ1) is 9.47. The first-order valence-corrected chi connectivity index (χ1v) is 8.60. The monoisotopic (exact) mass is 297 g/mol. The Morgan fingerprint density at radius 1 is 1.15 bits per heavy atom. The predicted octanol–water partition coefficient (Wildman–Crippen LogP) is 2.57. The Balaban J connectivity index is 1.95. The van der Waals surface area contributed by atoms with E-state index in [0.29, 0.717) is 6.54 Å². The maximum absolute atomic E-state index is 12.2. The van der Waals surface area contributed by atoms with Crippen LogP contribution in [0.1, 0.15) is 31.7 Å². The minimum atomic E-state index is -3.65. The van der Waals surface area contributed by atoms with Gasteiger partial charge in [0.25, 0.3) is 10.1 Å². The normalized spacial score (nSPS) is 18.9. The highest BCUT2D eigenvalue weighted by Gasteiger charge is 2.21. The van der Waals surface area contributed by atoms with Crippen molar-refractivity contribution in [3.05, 3.63) is 29.8 Å². The quantitative estimate of drug-likeness (QED) is 0.784. The summed E-state index contributed by atoms with van der Waals surface area (Å²) in [4.78, 5) is 2.51. The summed E-state index contributed by atoms with van der Waals surface area (Å²) >= 11 is 0. The van der Waals surface area contributed by atoms with E-state index in [-0.39, 0.29) is 11.0 Å². The molecule has 1 aromatic carbocycles. The van der Waals surface area contributed by atoms with Crippen molar-refractivity contribution in [2.75, 3.05) is 19.6 Å². The van der Waals surface area contributed by atoms with Crippen molar-refractivity contribution < 1.29 is 12.6 Å². The molecule has 0 aliphatic carbocycles. The molecule has 0 bridgehead atoms. The molecule has 1 atom stereocenters. The highest BCUT2D eigenvalue weighted by molar-refractivity contribution is 7.86. The van der Waals surface area contributed by atoms with E-state index >= 15 is 0 Å². The van der Waals surface area contributed by atoms with Gasteiger partial charge in [0.2, 0.25) is 0 Å². The molecular formula is C15H23NO3S. The van der Waals surface area contributed by atoms with Crippen LogP contribution < -0.4 is 0 Å². The summed E-state index contributed by atoms with van der Waals surface area (Å²) in [5.41, 5.74) is 1.03. The Hall–Kier alpha value is -0.910. The lowest BCUT2D eigenvalue weighted by atomic mass is 10.1. The number of aryl methyl sites for hydroxylation is 1. The average Bonchev–Trinajstić information content (AvgIpc) is 2.39. The largest absolute Gasteiger partial charge is 0.301 e. The van der Waals surface area contributed by atoms with Crippen molar-refractivity contribution in [1.29, 1.82) is 0 Å². The summed E-state index contributed by atoms with van der Waals surface area (Å²) in [5.74, 6) is 0. The summed E-state index contributed by atoms with van der Waals surface area (Å²) in [6.45, 7) is 6.50. The summed E-state index contributed by atoms with van der Waals surface area (Å²) in [5, 5.41) is 0. The van der Waals surface area contributed by atoms with Crippen molar-refractivity contribution >= 4 is 10.1 Å². The van der Waals surface area contributed by atoms with E-state index in [9.17, 15) is 8.42 Å². The molecule has 0 aromatic heterocycles. The van der Waals surface area contributed by atoms with Crippen LogP contribution in [-0.2, 0) is 14.3 Å². The molecule has 1 aliphatic rings. The number of hydrogen-bond acceptors (Lipinski definition) is 4. The maximum atomic E-state index is 12.2. The van der Waals surface area contributed by atoms with Crippen molar-refractivity contribution in [2.24, 2.45) is 0 Å². The van der Waals surface area contributed by atoms with Crippen molar-refractivity contribution in [3.63, 3.8) is 0 Å². The molecule has 1 saturated heterocycles. The van der Waals surface area contributed by atoms with E-state index in [0.717, 1.165) is 18.7 Å². The zero-order chi connectivity index (χ0) is 14.6. The van der Waals surface area contributed by atoms with Crippen LogP contribution in [0.15, 0.2) is 29.2 Å². The standard InChI is InChI=1S/C15H23NO3S/c1-13-6-8-15(9-7-13)20(17,18)19-14(2)12-16-10-4-3-5-11-16/h6-9,14H,3-5,10-12H2,1-2H3. The first-order valence-electron chi connectivity index (χ1n) is 7.20. The number of piperidine rings is 1. The minimum absolute atomic E-state index is 0.230. The summed E-state index contributed by atoms with van der Waals surface area (Å²) in [6.07, 6.45) is 3.34. The van der Waals surface area contributed by atoms with Crippen LogP contribution in [0.5, 0.6) is 0 Å². The molecule has 1 aromatic rings. The molecule has 1 unspecified atom stereocenters. The Bertz CT molecular complexity index is 519. The van der Waals surface area contributed by atoms with E-state index in [4.69, 9.17) is 4.18 Å². The van der Waals surface area contributed by atoms with Crippen LogP contribution in [0.3, 0.4) is 0 Å². The highest BCUT2D eigenvalue weighted by Crippen LogP contribution is 2.16. The average molecular weight is 297 g/mol. The van der Waals surface area contributed by atoms with Gasteiger partial charge in [0, 0.05) is 6.54 Å². The molecule has 1 aliphatic heterocycles. The number of rotatable bonds is 5. The second-order valence-electron chi connectivity index (χ2n) is 5.54. The number of nitrogens with zero attached hydrogens (tertiary/aromatic N) is 1. The fraction of sp³-hybridized carbons (Fsp3) is 0.600. The van der Waals surface area contributed by atoms with E-state index in [1.54, 1.807) is 24.3 Å². The lowest BCUT2D eigenvalue weighted by Gasteiger charge is -2.28. The Kier molecular flexibility index (Phi) is 5.18. The molecule has 0 amide bonds. The predicted molar refractivity (Wildman–Crippen MR) is 79.2 cm³/mol. The summed E-state index contributed by atoms with van der Waals surface area (Å²) in [7, 11) is -3.65. The van der Waals surface area contributed by atoms with Gasteiger partial charge >= 0.3 is 0 Å². The van der Waals surface area contributed by atoms with Gasteiger partial charge < -0.3 is 4.90 Å². The van der Waals surface area contributed by atoms with Crippen LogP contribution in [0.25, 0.3) is 0 Å². The number of benzene rings is 1. The van der Waals surface area contributed by atoms with Gasteiger partial charge in [0.05, 0.1) is 11.0 Å². The van der Waals surface area contributed by atoms with Gasteiger partial charge in [-0.15, -0.1) is 0 Å². The van der Waals surface area contributed by atoms with Gasteiger partial charge in [0.15, 0.2) is 0 Å². The molecule has 0 N–H and O–H groups in total. The highest BCUT2D eigenvalue weighted by atomic mass is 32.2. The van der Waals surface area contributed by atoms with Gasteiger partial charge in [-0.05, 0) is 51.9 Å². The van der Waals surface area contributed by atoms with E-state index in [1.807, 2.05) is 13.8 Å². The fourth-order valence-corrected chi connectivity index (χ4v) is 3.59. The van der Waals surface area contributed by atoms with Crippen molar-refractivity contribution in [2.45, 2.75) is 44.1 Å². The number of likely N-dealkylation sites (tertiary alicyclic amines) is 1. The second kappa shape index (κ2) is 6.70. The fourth-order valence-electron chi connectivity index (χ4n) is 2.51. The third kappa shape index (κ3) is 4.30. The molecule has 0 radical (unpaired) electrons. The Labute approximate surface area is 121 Å². The molecule has 5 heteroatoms. The smallest absolute Gasteiger partial charge is 0.297 e. The molecule has 0 saturated carbocycles. The third-order valence-electron chi connectivity index (χ3n) is 3.56.